The molecule has 0 aliphatic heterocycles. The Labute approximate surface area is 141 Å². The van der Waals surface area contributed by atoms with Gasteiger partial charge < -0.3 is 13.6 Å². The summed E-state index contributed by atoms with van der Waals surface area (Å²) in [6.07, 6.45) is 2.59. The average Bonchev–Trinajstić information content (AvgIpc) is 2.53. The van der Waals surface area contributed by atoms with Crippen molar-refractivity contribution < 1.29 is 18.1 Å². The Morgan fingerprint density at radius 3 is 2.13 bits per heavy atom. The van der Waals surface area contributed by atoms with Gasteiger partial charge in [-0.3, -0.25) is 9.63 Å². The third-order valence-electron chi connectivity index (χ3n) is 3.34. The van der Waals surface area contributed by atoms with Crippen molar-refractivity contribution in [3.8, 4) is 0 Å². The molecule has 0 spiro atoms. The highest BCUT2D eigenvalue weighted by Crippen LogP contribution is 2.55. The summed E-state index contributed by atoms with van der Waals surface area (Å²) < 4.78 is 30.0. The number of hydrogen-bond donors (Lipinski definition) is 0. The van der Waals surface area contributed by atoms with E-state index in [0.717, 1.165) is 18.5 Å². The fourth-order valence-corrected chi connectivity index (χ4v) is 4.75. The van der Waals surface area contributed by atoms with E-state index < -0.39 is 21.7 Å². The number of para-hydroxylation sites is 1. The summed E-state index contributed by atoms with van der Waals surface area (Å²) in [5, 5.41) is 1.76. The van der Waals surface area contributed by atoms with Crippen LogP contribution in [0.2, 0.25) is 19.6 Å². The SMILES string of the molecule is CCCCC(N(O[Si](C)(C)C)c1ccccc1)P(=O)(OC)OC. The Morgan fingerprint density at radius 1 is 1.13 bits per heavy atom. The Hall–Kier alpha value is -0.653. The van der Waals surface area contributed by atoms with E-state index in [1.54, 1.807) is 5.06 Å². The van der Waals surface area contributed by atoms with Crippen molar-refractivity contribution in [2.75, 3.05) is 19.3 Å². The molecule has 132 valence electrons. The molecule has 0 N–H and O–H groups in total. The van der Waals surface area contributed by atoms with Crippen LogP contribution in [0.15, 0.2) is 30.3 Å². The Morgan fingerprint density at radius 2 is 1.70 bits per heavy atom. The molecule has 0 aliphatic rings. The maximum Gasteiger partial charge on any atom is 0.354 e. The molecule has 0 amide bonds. The summed E-state index contributed by atoms with van der Waals surface area (Å²) >= 11 is 0. The first kappa shape index (κ1) is 20.4. The monoisotopic (exact) mass is 359 g/mol. The molecule has 0 aliphatic carbocycles. The van der Waals surface area contributed by atoms with E-state index in [0.29, 0.717) is 6.42 Å². The van der Waals surface area contributed by atoms with Gasteiger partial charge in [0.15, 0.2) is 5.78 Å². The first-order chi connectivity index (χ1) is 10.8. The predicted molar refractivity (Wildman–Crippen MR) is 98.3 cm³/mol. The van der Waals surface area contributed by atoms with Gasteiger partial charge in [-0.2, -0.15) is 0 Å². The first-order valence-corrected chi connectivity index (χ1v) is 13.0. The minimum Gasteiger partial charge on any atom is -0.319 e. The zero-order chi connectivity index (χ0) is 17.5. The van der Waals surface area contributed by atoms with Crippen LogP contribution in [-0.4, -0.2) is 28.3 Å². The van der Waals surface area contributed by atoms with Gasteiger partial charge in [0.2, 0.25) is 8.32 Å². The lowest BCUT2D eigenvalue weighted by molar-refractivity contribution is 0.209. The van der Waals surface area contributed by atoms with Gasteiger partial charge in [0.1, 0.15) is 0 Å². The molecule has 0 heterocycles. The molecule has 7 heteroatoms. The highest BCUT2D eigenvalue weighted by atomic mass is 31.2. The summed E-state index contributed by atoms with van der Waals surface area (Å²) in [5.41, 5.74) is 0.866. The summed E-state index contributed by atoms with van der Waals surface area (Å²) in [6, 6.07) is 9.74. The standard InChI is InChI=1S/C16H30NO4PSi/c1-7-8-14-16(22(18,19-2)20-3)17(21-23(4,5)6)15-12-10-9-11-13-15/h9-13,16H,7-8,14H2,1-6H3. The number of unbranched alkanes of at least 4 members (excludes halogenated alkanes) is 1. The predicted octanol–water partition coefficient (Wildman–Crippen LogP) is 5.26. The lowest BCUT2D eigenvalue weighted by Gasteiger charge is -2.39. The van der Waals surface area contributed by atoms with E-state index in [-0.39, 0.29) is 0 Å². The minimum atomic E-state index is -3.31. The molecular weight excluding hydrogens is 329 g/mol. The third kappa shape index (κ3) is 6.05. The highest BCUT2D eigenvalue weighted by molar-refractivity contribution is 7.54. The van der Waals surface area contributed by atoms with Gasteiger partial charge in [-0.25, -0.2) is 0 Å². The highest BCUT2D eigenvalue weighted by Gasteiger charge is 2.41. The zero-order valence-electron chi connectivity index (χ0n) is 15.1. The molecule has 0 fully saturated rings. The number of anilines is 1. The molecule has 0 aromatic heterocycles. The van der Waals surface area contributed by atoms with Gasteiger partial charge in [0.05, 0.1) is 5.69 Å². The Bertz CT molecular complexity index is 499. The normalized spacial score (nSPS) is 13.8. The van der Waals surface area contributed by atoms with E-state index in [1.165, 1.54) is 14.2 Å². The molecule has 1 aromatic carbocycles. The van der Waals surface area contributed by atoms with Crippen LogP contribution in [-0.2, 0) is 18.1 Å². The second-order valence-electron chi connectivity index (χ2n) is 6.39. The van der Waals surface area contributed by atoms with E-state index in [2.05, 4.69) is 26.6 Å². The molecule has 5 nitrogen and oxygen atoms in total. The van der Waals surface area contributed by atoms with Crippen LogP contribution in [0.1, 0.15) is 26.2 Å². The van der Waals surface area contributed by atoms with Crippen molar-refractivity contribution >= 4 is 21.6 Å². The van der Waals surface area contributed by atoms with Gasteiger partial charge in [0.25, 0.3) is 0 Å². The molecule has 0 saturated heterocycles. The van der Waals surface area contributed by atoms with Gasteiger partial charge >= 0.3 is 7.60 Å². The van der Waals surface area contributed by atoms with E-state index in [9.17, 15) is 4.57 Å². The molecule has 0 bridgehead atoms. The van der Waals surface area contributed by atoms with Gasteiger partial charge in [-0.15, -0.1) is 0 Å². The lowest BCUT2D eigenvalue weighted by Crippen LogP contribution is -2.44. The van der Waals surface area contributed by atoms with E-state index in [1.807, 2.05) is 30.3 Å². The first-order valence-electron chi connectivity index (χ1n) is 8.02. The summed E-state index contributed by atoms with van der Waals surface area (Å²) in [4.78, 5) is 0. The number of hydrogen-bond acceptors (Lipinski definition) is 5. The maximum absolute atomic E-state index is 13.1. The number of hydroxylamine groups is 1. The molecule has 1 atom stereocenters. The fraction of sp³-hybridized carbons (Fsp3) is 0.625. The smallest absolute Gasteiger partial charge is 0.319 e. The minimum absolute atomic E-state index is 0.466. The van der Waals surface area contributed by atoms with Crippen LogP contribution in [0.5, 0.6) is 0 Å². The third-order valence-corrected chi connectivity index (χ3v) is 6.30. The second-order valence-corrected chi connectivity index (χ2v) is 13.2. The molecule has 1 aromatic rings. The Balaban J connectivity index is 3.28. The van der Waals surface area contributed by atoms with Crippen molar-refractivity contribution in [2.24, 2.45) is 0 Å². The largest absolute Gasteiger partial charge is 0.354 e. The summed E-state index contributed by atoms with van der Waals surface area (Å²) in [6.45, 7) is 8.41. The lowest BCUT2D eigenvalue weighted by atomic mass is 10.2. The second kappa shape index (κ2) is 8.99. The molecule has 0 saturated carbocycles. The van der Waals surface area contributed by atoms with Crippen molar-refractivity contribution in [2.45, 2.75) is 51.6 Å². The van der Waals surface area contributed by atoms with Crippen molar-refractivity contribution in [1.29, 1.82) is 0 Å². The van der Waals surface area contributed by atoms with Crippen molar-refractivity contribution in [3.05, 3.63) is 30.3 Å². The summed E-state index contributed by atoms with van der Waals surface area (Å²) in [5.74, 6) is -0.466. The van der Waals surface area contributed by atoms with Crippen LogP contribution in [0.4, 0.5) is 5.69 Å². The Kier molecular flexibility index (Phi) is 7.97. The van der Waals surface area contributed by atoms with Crippen LogP contribution in [0, 0.1) is 0 Å². The molecular formula is C16H30NO4PSi. The van der Waals surface area contributed by atoms with Gasteiger partial charge in [-0.1, -0.05) is 38.0 Å². The molecule has 1 rings (SSSR count). The van der Waals surface area contributed by atoms with Gasteiger partial charge in [0, 0.05) is 14.2 Å². The van der Waals surface area contributed by atoms with Crippen molar-refractivity contribution in [3.63, 3.8) is 0 Å². The van der Waals surface area contributed by atoms with Crippen LogP contribution in [0.25, 0.3) is 0 Å². The van der Waals surface area contributed by atoms with Crippen LogP contribution < -0.4 is 5.06 Å². The average molecular weight is 359 g/mol. The summed E-state index contributed by atoms with van der Waals surface area (Å²) in [7, 11) is -2.36. The van der Waals surface area contributed by atoms with Crippen LogP contribution >= 0.6 is 7.60 Å². The van der Waals surface area contributed by atoms with Crippen molar-refractivity contribution in [1.82, 2.24) is 0 Å². The van der Waals surface area contributed by atoms with E-state index in [4.69, 9.17) is 13.6 Å². The van der Waals surface area contributed by atoms with Crippen LogP contribution in [0.3, 0.4) is 0 Å². The molecule has 0 radical (unpaired) electrons. The van der Waals surface area contributed by atoms with E-state index >= 15 is 0 Å². The number of rotatable bonds is 10. The maximum atomic E-state index is 13.1. The fourth-order valence-electron chi connectivity index (χ4n) is 2.26. The molecule has 23 heavy (non-hydrogen) atoms. The molecule has 1 unspecified atom stereocenters. The quantitative estimate of drug-likeness (QED) is 0.324. The topological polar surface area (TPSA) is 48.0 Å². The zero-order valence-corrected chi connectivity index (χ0v) is 17.0. The number of nitrogens with zero attached hydrogens (tertiary/aromatic N) is 1. The number of benzene rings is 1. The van der Waals surface area contributed by atoms with Gasteiger partial charge in [-0.05, 0) is 38.2 Å².